The van der Waals surface area contributed by atoms with Gasteiger partial charge >= 0.3 is 6.09 Å². The molecule has 7 heteroatoms. The van der Waals surface area contributed by atoms with Crippen LogP contribution in [0.4, 0.5) is 4.79 Å². The van der Waals surface area contributed by atoms with E-state index in [9.17, 15) is 9.59 Å². The minimum atomic E-state index is -0.909. The summed E-state index contributed by atoms with van der Waals surface area (Å²) < 4.78 is 10.3. The highest BCUT2D eigenvalue weighted by Gasteiger charge is 2.42. The van der Waals surface area contributed by atoms with Gasteiger partial charge in [0.2, 0.25) is 5.91 Å². The lowest BCUT2D eigenvalue weighted by Gasteiger charge is -2.41. The highest BCUT2D eigenvalue weighted by atomic mass is 16.6. The summed E-state index contributed by atoms with van der Waals surface area (Å²) in [5.74, 6) is -0.452. The van der Waals surface area contributed by atoms with E-state index >= 15 is 0 Å². The number of hydrogen-bond donors (Lipinski definition) is 2. The molecule has 122 valence electrons. The van der Waals surface area contributed by atoms with Crippen LogP contribution < -0.4 is 11.1 Å². The molecule has 1 aliphatic heterocycles. The number of hydrogen-bond acceptors (Lipinski definition) is 5. The van der Waals surface area contributed by atoms with Gasteiger partial charge in [0, 0.05) is 20.2 Å². The lowest BCUT2D eigenvalue weighted by Crippen LogP contribution is -2.65. The Bertz CT molecular complexity index is 381. The van der Waals surface area contributed by atoms with Crippen molar-refractivity contribution in [1.29, 1.82) is 0 Å². The Hall–Kier alpha value is -1.34. The third kappa shape index (κ3) is 5.17. The van der Waals surface area contributed by atoms with Crippen molar-refractivity contribution in [3.8, 4) is 0 Å². The summed E-state index contributed by atoms with van der Waals surface area (Å²) in [6, 6.07) is 0. The van der Waals surface area contributed by atoms with Crippen LogP contribution in [0.3, 0.4) is 0 Å². The number of rotatable bonds is 5. The van der Waals surface area contributed by atoms with Crippen molar-refractivity contribution in [1.82, 2.24) is 10.2 Å². The predicted octanol–water partition coefficient (Wildman–Crippen LogP) is 0.477. The van der Waals surface area contributed by atoms with Gasteiger partial charge in [-0.2, -0.15) is 0 Å². The van der Waals surface area contributed by atoms with Gasteiger partial charge in [0.25, 0.3) is 0 Å². The number of likely N-dealkylation sites (tertiary alicyclic amines) is 1. The first kappa shape index (κ1) is 17.7. The number of piperidine rings is 1. The molecule has 2 amide bonds. The number of carbonyl (C=O) groups is 2. The standard InChI is InChI=1S/C14H27N3O4/c1-13(2,3)21-12(19)17-8-5-6-14(10-17,11(15)18)16-7-9-20-4/h16H,5-10H2,1-4H3,(H2,15,18). The summed E-state index contributed by atoms with van der Waals surface area (Å²) in [7, 11) is 1.59. The third-order valence-electron chi connectivity index (χ3n) is 3.39. The maximum atomic E-state index is 12.2. The number of nitrogens with zero attached hydrogens (tertiary/aromatic N) is 1. The number of nitrogens with two attached hydrogens (primary N) is 1. The summed E-state index contributed by atoms with van der Waals surface area (Å²) in [4.78, 5) is 25.6. The fourth-order valence-electron chi connectivity index (χ4n) is 2.36. The first-order valence-electron chi connectivity index (χ1n) is 7.22. The molecule has 0 aliphatic carbocycles. The summed E-state index contributed by atoms with van der Waals surface area (Å²) in [6.07, 6.45) is 0.884. The molecule has 0 saturated carbocycles. The van der Waals surface area contributed by atoms with Crippen molar-refractivity contribution < 1.29 is 19.1 Å². The van der Waals surface area contributed by atoms with Gasteiger partial charge in [-0.1, -0.05) is 0 Å². The Morgan fingerprint density at radius 2 is 2.05 bits per heavy atom. The van der Waals surface area contributed by atoms with Crippen molar-refractivity contribution >= 4 is 12.0 Å². The zero-order valence-corrected chi connectivity index (χ0v) is 13.4. The van der Waals surface area contributed by atoms with E-state index in [4.69, 9.17) is 15.2 Å². The van der Waals surface area contributed by atoms with Gasteiger partial charge in [-0.15, -0.1) is 0 Å². The smallest absolute Gasteiger partial charge is 0.410 e. The van der Waals surface area contributed by atoms with Gasteiger partial charge in [0.15, 0.2) is 0 Å². The minimum Gasteiger partial charge on any atom is -0.444 e. The maximum Gasteiger partial charge on any atom is 0.410 e. The first-order valence-corrected chi connectivity index (χ1v) is 7.22. The van der Waals surface area contributed by atoms with Gasteiger partial charge in [0.05, 0.1) is 13.2 Å². The molecule has 21 heavy (non-hydrogen) atoms. The van der Waals surface area contributed by atoms with Crippen LogP contribution in [0.5, 0.6) is 0 Å². The molecule has 0 spiro atoms. The normalized spacial score (nSPS) is 23.0. The molecular formula is C14H27N3O4. The molecule has 1 heterocycles. The van der Waals surface area contributed by atoms with Crippen molar-refractivity contribution in [3.63, 3.8) is 0 Å². The largest absolute Gasteiger partial charge is 0.444 e. The highest BCUT2D eigenvalue weighted by Crippen LogP contribution is 2.23. The quantitative estimate of drug-likeness (QED) is 0.720. The van der Waals surface area contributed by atoms with Crippen LogP contribution in [0, 0.1) is 0 Å². The number of primary amides is 1. The fraction of sp³-hybridized carbons (Fsp3) is 0.857. The lowest BCUT2D eigenvalue weighted by atomic mass is 9.88. The number of nitrogens with one attached hydrogen (secondary N) is 1. The Balaban J connectivity index is 2.74. The average molecular weight is 301 g/mol. The molecule has 1 fully saturated rings. The topological polar surface area (TPSA) is 93.9 Å². The Morgan fingerprint density at radius 1 is 1.38 bits per heavy atom. The molecule has 1 atom stereocenters. The van der Waals surface area contributed by atoms with Crippen molar-refractivity contribution in [2.45, 2.75) is 44.8 Å². The number of methoxy groups -OCH3 is 1. The van der Waals surface area contributed by atoms with E-state index in [1.54, 1.807) is 12.0 Å². The van der Waals surface area contributed by atoms with Gasteiger partial charge in [-0.3, -0.25) is 10.1 Å². The maximum absolute atomic E-state index is 12.2. The van der Waals surface area contributed by atoms with E-state index < -0.39 is 23.1 Å². The van der Waals surface area contributed by atoms with E-state index in [0.29, 0.717) is 32.5 Å². The van der Waals surface area contributed by atoms with Crippen LogP contribution in [0.25, 0.3) is 0 Å². The van der Waals surface area contributed by atoms with E-state index in [1.165, 1.54) is 0 Å². The third-order valence-corrected chi connectivity index (χ3v) is 3.39. The van der Waals surface area contributed by atoms with Gasteiger partial charge < -0.3 is 20.1 Å². The highest BCUT2D eigenvalue weighted by molar-refractivity contribution is 5.86. The van der Waals surface area contributed by atoms with Gasteiger partial charge in [-0.25, -0.2) is 4.79 Å². The molecule has 0 radical (unpaired) electrons. The average Bonchev–Trinajstić information content (AvgIpc) is 2.37. The van der Waals surface area contributed by atoms with E-state index in [-0.39, 0.29) is 6.54 Å². The number of ether oxygens (including phenoxy) is 2. The van der Waals surface area contributed by atoms with Crippen molar-refractivity contribution in [2.75, 3.05) is 33.4 Å². The van der Waals surface area contributed by atoms with Crippen LogP contribution in [0.15, 0.2) is 0 Å². The fourth-order valence-corrected chi connectivity index (χ4v) is 2.36. The van der Waals surface area contributed by atoms with Crippen LogP contribution in [-0.2, 0) is 14.3 Å². The van der Waals surface area contributed by atoms with Gasteiger partial charge in [-0.05, 0) is 33.6 Å². The molecular weight excluding hydrogens is 274 g/mol. The summed E-state index contributed by atoms with van der Waals surface area (Å²) in [5.41, 5.74) is 4.08. The van der Waals surface area contributed by atoms with Crippen LogP contribution in [-0.4, -0.2) is 61.4 Å². The molecule has 7 nitrogen and oxygen atoms in total. The molecule has 1 saturated heterocycles. The predicted molar refractivity (Wildman–Crippen MR) is 78.8 cm³/mol. The van der Waals surface area contributed by atoms with E-state index in [1.807, 2.05) is 20.8 Å². The van der Waals surface area contributed by atoms with E-state index in [0.717, 1.165) is 0 Å². The number of carbonyl (C=O) groups excluding carboxylic acids is 2. The molecule has 0 aromatic rings. The molecule has 0 aromatic carbocycles. The SMILES string of the molecule is COCCNC1(C(N)=O)CCCN(C(=O)OC(C)(C)C)C1. The summed E-state index contributed by atoms with van der Waals surface area (Å²) in [6.45, 7) is 7.20. The Morgan fingerprint density at radius 3 is 2.57 bits per heavy atom. The monoisotopic (exact) mass is 301 g/mol. The van der Waals surface area contributed by atoms with Crippen molar-refractivity contribution in [3.05, 3.63) is 0 Å². The molecule has 3 N–H and O–H groups in total. The van der Waals surface area contributed by atoms with Crippen molar-refractivity contribution in [2.24, 2.45) is 5.73 Å². The summed E-state index contributed by atoms with van der Waals surface area (Å²) >= 11 is 0. The van der Waals surface area contributed by atoms with E-state index in [2.05, 4.69) is 5.32 Å². The number of amides is 2. The zero-order chi connectivity index (χ0) is 16.1. The second-order valence-electron chi connectivity index (χ2n) is 6.37. The molecule has 0 bridgehead atoms. The Labute approximate surface area is 126 Å². The van der Waals surface area contributed by atoms with Gasteiger partial charge in [0.1, 0.15) is 11.1 Å². The minimum absolute atomic E-state index is 0.223. The second kappa shape index (κ2) is 7.09. The molecule has 1 aliphatic rings. The molecule has 0 aromatic heterocycles. The Kier molecular flexibility index (Phi) is 5.98. The summed E-state index contributed by atoms with van der Waals surface area (Å²) in [5, 5.41) is 3.13. The molecule has 1 unspecified atom stereocenters. The lowest BCUT2D eigenvalue weighted by molar-refractivity contribution is -0.126. The van der Waals surface area contributed by atoms with Crippen LogP contribution >= 0.6 is 0 Å². The van der Waals surface area contributed by atoms with Crippen LogP contribution in [0.1, 0.15) is 33.6 Å². The second-order valence-corrected chi connectivity index (χ2v) is 6.37. The first-order chi connectivity index (χ1) is 9.70. The zero-order valence-electron chi connectivity index (χ0n) is 13.4. The van der Waals surface area contributed by atoms with Crippen LogP contribution in [0.2, 0.25) is 0 Å². The molecule has 1 rings (SSSR count).